The van der Waals surface area contributed by atoms with E-state index in [1.807, 2.05) is 6.07 Å². The zero-order chi connectivity index (χ0) is 20.0. The van der Waals surface area contributed by atoms with Crippen molar-refractivity contribution in [2.45, 2.75) is 32.4 Å². The lowest BCUT2D eigenvalue weighted by atomic mass is 10.1. The fraction of sp³-hybridized carbons (Fsp3) is 0.500. The van der Waals surface area contributed by atoms with E-state index in [4.69, 9.17) is 4.74 Å². The molecule has 6 nitrogen and oxygen atoms in total. The van der Waals surface area contributed by atoms with Gasteiger partial charge in [0.15, 0.2) is 0 Å². The number of halogens is 3. The maximum Gasteiger partial charge on any atom is 0.406 e. The second-order valence-electron chi connectivity index (χ2n) is 6.42. The molecule has 1 atom stereocenters. The zero-order valence-corrected chi connectivity index (χ0v) is 14.8. The van der Waals surface area contributed by atoms with Crippen molar-refractivity contribution < 1.29 is 32.3 Å². The maximum atomic E-state index is 12.4. The summed E-state index contributed by atoms with van der Waals surface area (Å²) in [6.07, 6.45) is -3.45. The van der Waals surface area contributed by atoms with Crippen LogP contribution in [-0.2, 0) is 25.5 Å². The third kappa shape index (κ3) is 6.92. The number of hydrogen-bond donors (Lipinski definition) is 1. The molecular weight excluding hydrogens is 365 g/mol. The van der Waals surface area contributed by atoms with Crippen LogP contribution in [0.2, 0.25) is 0 Å². The molecule has 1 N–H and O–H groups in total. The van der Waals surface area contributed by atoms with E-state index in [2.05, 4.69) is 5.32 Å². The lowest BCUT2D eigenvalue weighted by Gasteiger charge is -2.18. The minimum Gasteiger partial charge on any atom is -0.466 e. The fourth-order valence-electron chi connectivity index (χ4n) is 2.86. The lowest BCUT2D eigenvalue weighted by Crippen LogP contribution is -2.36. The maximum absolute atomic E-state index is 12.4. The molecule has 1 aliphatic rings. The Morgan fingerprint density at radius 3 is 2.74 bits per heavy atom. The monoisotopic (exact) mass is 386 g/mol. The molecule has 0 saturated carbocycles. The average Bonchev–Trinajstić information content (AvgIpc) is 2.91. The van der Waals surface area contributed by atoms with E-state index >= 15 is 0 Å². The van der Waals surface area contributed by atoms with E-state index in [9.17, 15) is 27.6 Å². The number of amides is 2. The Morgan fingerprint density at radius 1 is 1.33 bits per heavy atom. The molecule has 2 amide bonds. The predicted octanol–water partition coefficient (Wildman–Crippen LogP) is 2.53. The van der Waals surface area contributed by atoms with Gasteiger partial charge in [-0.05, 0) is 30.5 Å². The molecule has 1 aliphatic heterocycles. The third-order valence-corrected chi connectivity index (χ3v) is 4.07. The van der Waals surface area contributed by atoms with Crippen LogP contribution in [0.1, 0.15) is 25.3 Å². The van der Waals surface area contributed by atoms with Crippen LogP contribution in [0, 0.1) is 5.92 Å². The number of likely N-dealkylation sites (tertiary alicyclic amines) is 1. The highest BCUT2D eigenvalue weighted by atomic mass is 19.4. The van der Waals surface area contributed by atoms with E-state index in [1.165, 1.54) is 6.92 Å². The number of rotatable bonds is 7. The number of carbonyl (C=O) groups excluding carboxylic acids is 3. The first-order valence-corrected chi connectivity index (χ1v) is 8.52. The summed E-state index contributed by atoms with van der Waals surface area (Å²) in [5.74, 6) is -2.31. The Kier molecular flexibility index (Phi) is 6.81. The van der Waals surface area contributed by atoms with Gasteiger partial charge in [0.05, 0.1) is 12.5 Å². The number of nitrogens with one attached hydrogen (secondary N) is 1. The van der Waals surface area contributed by atoms with Gasteiger partial charge in [0, 0.05) is 25.6 Å². The van der Waals surface area contributed by atoms with Gasteiger partial charge in [-0.2, -0.15) is 13.2 Å². The van der Waals surface area contributed by atoms with E-state index in [0.29, 0.717) is 30.0 Å². The molecule has 148 valence electrons. The number of benzene rings is 1. The van der Waals surface area contributed by atoms with Gasteiger partial charge in [-0.15, -0.1) is 0 Å². The summed E-state index contributed by atoms with van der Waals surface area (Å²) in [6, 6.07) is 7.01. The molecule has 0 unspecified atom stereocenters. The summed E-state index contributed by atoms with van der Waals surface area (Å²) >= 11 is 0. The van der Waals surface area contributed by atoms with Gasteiger partial charge >= 0.3 is 12.1 Å². The Bertz CT molecular complexity index is 706. The number of esters is 1. The van der Waals surface area contributed by atoms with Crippen LogP contribution in [0.5, 0.6) is 0 Å². The van der Waals surface area contributed by atoms with Gasteiger partial charge in [-0.1, -0.05) is 12.1 Å². The molecule has 1 aromatic carbocycles. The predicted molar refractivity (Wildman–Crippen MR) is 90.8 cm³/mol. The third-order valence-electron chi connectivity index (χ3n) is 4.07. The van der Waals surface area contributed by atoms with Crippen LogP contribution in [0.3, 0.4) is 0 Å². The van der Waals surface area contributed by atoms with Gasteiger partial charge in [-0.3, -0.25) is 14.4 Å². The summed E-state index contributed by atoms with van der Waals surface area (Å²) < 4.78 is 42.2. The van der Waals surface area contributed by atoms with E-state index < -0.39 is 30.5 Å². The van der Waals surface area contributed by atoms with Crippen LogP contribution in [-0.4, -0.2) is 48.6 Å². The normalized spacial score (nSPS) is 17.1. The number of aryl methyl sites for hydroxylation is 1. The SMILES string of the molecule is CC(=O)OCCCc1cccc(NC(=O)[C@@H]2CC(=O)N(CC(F)(F)F)C2)c1. The zero-order valence-electron chi connectivity index (χ0n) is 14.8. The molecule has 0 bridgehead atoms. The van der Waals surface area contributed by atoms with Gasteiger partial charge in [-0.25, -0.2) is 0 Å². The van der Waals surface area contributed by atoms with Gasteiger partial charge in [0.1, 0.15) is 6.54 Å². The number of carbonyl (C=O) groups is 3. The van der Waals surface area contributed by atoms with E-state index in [1.54, 1.807) is 18.2 Å². The van der Waals surface area contributed by atoms with Crippen molar-refractivity contribution in [2.75, 3.05) is 25.0 Å². The van der Waals surface area contributed by atoms with E-state index in [-0.39, 0.29) is 18.9 Å². The number of alkyl halides is 3. The first-order valence-electron chi connectivity index (χ1n) is 8.52. The minimum absolute atomic E-state index is 0.232. The van der Waals surface area contributed by atoms with Crippen molar-refractivity contribution in [1.29, 1.82) is 0 Å². The van der Waals surface area contributed by atoms with Crippen LogP contribution in [0.15, 0.2) is 24.3 Å². The van der Waals surface area contributed by atoms with E-state index in [0.717, 1.165) is 5.56 Å². The standard InChI is InChI=1S/C18H21F3N2O4/c1-12(24)27-7-3-5-13-4-2-6-15(8-13)22-17(26)14-9-16(25)23(10-14)11-18(19,20)21/h2,4,6,8,14H,3,5,7,9-11H2,1H3,(H,22,26)/t14-/m1/s1. The average molecular weight is 386 g/mol. The second kappa shape index (κ2) is 8.88. The van der Waals surface area contributed by atoms with Crippen LogP contribution in [0.25, 0.3) is 0 Å². The molecule has 0 aromatic heterocycles. The molecule has 2 rings (SSSR count). The Hall–Kier alpha value is -2.58. The quantitative estimate of drug-likeness (QED) is 0.577. The Balaban J connectivity index is 1.87. The number of nitrogens with zero attached hydrogens (tertiary/aromatic N) is 1. The van der Waals surface area contributed by atoms with Crippen molar-refractivity contribution in [3.05, 3.63) is 29.8 Å². The Morgan fingerprint density at radius 2 is 2.07 bits per heavy atom. The molecular formula is C18H21F3N2O4. The first kappa shape index (κ1) is 20.7. The van der Waals surface area contributed by atoms with Crippen molar-refractivity contribution in [1.82, 2.24) is 4.90 Å². The second-order valence-corrected chi connectivity index (χ2v) is 6.42. The number of anilines is 1. The first-order chi connectivity index (χ1) is 12.6. The highest BCUT2D eigenvalue weighted by Gasteiger charge is 2.40. The molecule has 1 saturated heterocycles. The molecule has 0 radical (unpaired) electrons. The lowest BCUT2D eigenvalue weighted by molar-refractivity contribution is -0.157. The smallest absolute Gasteiger partial charge is 0.406 e. The highest BCUT2D eigenvalue weighted by Crippen LogP contribution is 2.25. The summed E-state index contributed by atoms with van der Waals surface area (Å²) in [4.78, 5) is 35.3. The van der Waals surface area contributed by atoms with Crippen LogP contribution in [0.4, 0.5) is 18.9 Å². The van der Waals surface area contributed by atoms with Crippen molar-refractivity contribution in [2.24, 2.45) is 5.92 Å². The van der Waals surface area contributed by atoms with Gasteiger partial charge in [0.25, 0.3) is 0 Å². The molecule has 1 aromatic rings. The molecule has 0 spiro atoms. The van der Waals surface area contributed by atoms with Crippen LogP contribution >= 0.6 is 0 Å². The number of ether oxygens (including phenoxy) is 1. The van der Waals surface area contributed by atoms with Crippen molar-refractivity contribution in [3.8, 4) is 0 Å². The minimum atomic E-state index is -4.48. The summed E-state index contributed by atoms with van der Waals surface area (Å²) in [7, 11) is 0. The van der Waals surface area contributed by atoms with Crippen molar-refractivity contribution >= 4 is 23.5 Å². The Labute approximate surface area is 154 Å². The molecule has 0 aliphatic carbocycles. The number of hydrogen-bond acceptors (Lipinski definition) is 4. The topological polar surface area (TPSA) is 75.7 Å². The van der Waals surface area contributed by atoms with Gasteiger partial charge < -0.3 is 15.0 Å². The molecule has 1 fully saturated rings. The summed E-state index contributed by atoms with van der Waals surface area (Å²) in [5.41, 5.74) is 1.42. The van der Waals surface area contributed by atoms with Crippen LogP contribution < -0.4 is 5.32 Å². The molecule has 1 heterocycles. The van der Waals surface area contributed by atoms with Crippen molar-refractivity contribution in [3.63, 3.8) is 0 Å². The van der Waals surface area contributed by atoms with Gasteiger partial charge in [0.2, 0.25) is 11.8 Å². The summed E-state index contributed by atoms with van der Waals surface area (Å²) in [5, 5.41) is 2.65. The molecule has 9 heteroatoms. The highest BCUT2D eigenvalue weighted by molar-refractivity contribution is 5.97. The molecule has 27 heavy (non-hydrogen) atoms. The largest absolute Gasteiger partial charge is 0.466 e. The summed E-state index contributed by atoms with van der Waals surface area (Å²) in [6.45, 7) is 0.0462. The fourth-order valence-corrected chi connectivity index (χ4v) is 2.86.